The van der Waals surface area contributed by atoms with Crippen LogP contribution in [0.3, 0.4) is 0 Å². The first kappa shape index (κ1) is 21.7. The maximum atomic E-state index is 11.7. The summed E-state index contributed by atoms with van der Waals surface area (Å²) in [5.41, 5.74) is 0.787. The summed E-state index contributed by atoms with van der Waals surface area (Å²) in [6.07, 6.45) is 11.7. The molecule has 0 saturated heterocycles. The fourth-order valence-corrected chi connectivity index (χ4v) is 9.06. The predicted octanol–water partition coefficient (Wildman–Crippen LogP) is 5.84. The summed E-state index contributed by atoms with van der Waals surface area (Å²) < 4.78 is 4.88. The van der Waals surface area contributed by atoms with Gasteiger partial charge < -0.3 is 9.84 Å². The SMILES string of the molecule is COC(=O)CC[C@@H](C)[C@H]1CC[C@H]2[C@@H]3[C@@H](O)C[C@@H]4C[C@H](C)CC[C@]4(C)[C@H]3CC[C@]12C. The number of carbonyl (C=O) groups is 1. The molecule has 0 heterocycles. The number of aliphatic hydroxyl groups is 1. The molecule has 4 rings (SSSR count). The molecule has 0 aromatic rings. The van der Waals surface area contributed by atoms with Gasteiger partial charge in [-0.05, 0) is 104 Å². The molecule has 0 amide bonds. The molecule has 29 heavy (non-hydrogen) atoms. The van der Waals surface area contributed by atoms with E-state index in [1.54, 1.807) is 0 Å². The van der Waals surface area contributed by atoms with Gasteiger partial charge in [-0.1, -0.05) is 34.1 Å². The number of carbonyl (C=O) groups excluding carboxylic acids is 1. The topological polar surface area (TPSA) is 46.5 Å². The van der Waals surface area contributed by atoms with Crippen LogP contribution in [0.1, 0.15) is 91.9 Å². The highest BCUT2D eigenvalue weighted by Crippen LogP contribution is 2.68. The predicted molar refractivity (Wildman–Crippen MR) is 116 cm³/mol. The van der Waals surface area contributed by atoms with Crippen LogP contribution in [0.25, 0.3) is 0 Å². The zero-order valence-corrected chi connectivity index (χ0v) is 19.5. The Morgan fingerprint density at radius 3 is 2.48 bits per heavy atom. The van der Waals surface area contributed by atoms with Crippen molar-refractivity contribution in [2.24, 2.45) is 52.3 Å². The van der Waals surface area contributed by atoms with Gasteiger partial charge in [-0.25, -0.2) is 0 Å². The molecule has 0 aromatic heterocycles. The molecule has 4 saturated carbocycles. The normalized spacial score (nSPS) is 50.2. The van der Waals surface area contributed by atoms with Gasteiger partial charge in [-0.3, -0.25) is 4.79 Å². The largest absolute Gasteiger partial charge is 0.469 e. The van der Waals surface area contributed by atoms with E-state index in [2.05, 4.69) is 27.7 Å². The van der Waals surface area contributed by atoms with E-state index < -0.39 is 0 Å². The van der Waals surface area contributed by atoms with Crippen LogP contribution in [0.5, 0.6) is 0 Å². The van der Waals surface area contributed by atoms with Gasteiger partial charge in [-0.15, -0.1) is 0 Å². The summed E-state index contributed by atoms with van der Waals surface area (Å²) in [5.74, 6) is 4.60. The smallest absolute Gasteiger partial charge is 0.305 e. The van der Waals surface area contributed by atoms with Gasteiger partial charge in [0.1, 0.15) is 0 Å². The van der Waals surface area contributed by atoms with Crippen molar-refractivity contribution in [3.05, 3.63) is 0 Å². The van der Waals surface area contributed by atoms with Gasteiger partial charge in [0.05, 0.1) is 13.2 Å². The van der Waals surface area contributed by atoms with E-state index in [0.29, 0.717) is 46.8 Å². The molecule has 0 aliphatic heterocycles. The lowest BCUT2D eigenvalue weighted by Crippen LogP contribution is -2.58. The molecular weight excluding hydrogens is 360 g/mol. The third kappa shape index (κ3) is 3.48. The molecule has 0 spiro atoms. The number of esters is 1. The Morgan fingerprint density at radius 1 is 1.07 bits per heavy atom. The molecule has 10 atom stereocenters. The minimum Gasteiger partial charge on any atom is -0.469 e. The summed E-state index contributed by atoms with van der Waals surface area (Å²) in [6, 6.07) is 0. The lowest BCUT2D eigenvalue weighted by Gasteiger charge is -2.62. The zero-order chi connectivity index (χ0) is 21.0. The Hall–Kier alpha value is -0.570. The van der Waals surface area contributed by atoms with Crippen LogP contribution in [0.2, 0.25) is 0 Å². The Morgan fingerprint density at radius 2 is 1.76 bits per heavy atom. The average Bonchev–Trinajstić information content (AvgIpc) is 3.04. The molecule has 0 unspecified atom stereocenters. The molecule has 4 aliphatic carbocycles. The number of hydrogen-bond acceptors (Lipinski definition) is 3. The lowest BCUT2D eigenvalue weighted by molar-refractivity contribution is -0.168. The van der Waals surface area contributed by atoms with Crippen molar-refractivity contribution in [3.63, 3.8) is 0 Å². The van der Waals surface area contributed by atoms with Gasteiger partial charge in [0.25, 0.3) is 0 Å². The molecule has 4 aliphatic rings. The summed E-state index contributed by atoms with van der Waals surface area (Å²) in [5, 5.41) is 11.4. The number of aliphatic hydroxyl groups excluding tert-OH is 1. The minimum atomic E-state index is -0.0999. The number of methoxy groups -OCH3 is 1. The highest BCUT2D eigenvalue weighted by molar-refractivity contribution is 5.69. The number of rotatable bonds is 4. The van der Waals surface area contributed by atoms with Crippen molar-refractivity contribution in [3.8, 4) is 0 Å². The van der Waals surface area contributed by atoms with Crippen LogP contribution >= 0.6 is 0 Å². The van der Waals surface area contributed by atoms with E-state index in [0.717, 1.165) is 24.7 Å². The van der Waals surface area contributed by atoms with Crippen LogP contribution in [0.15, 0.2) is 0 Å². The van der Waals surface area contributed by atoms with Crippen molar-refractivity contribution >= 4 is 5.97 Å². The summed E-state index contributed by atoms with van der Waals surface area (Å²) in [4.78, 5) is 11.7. The van der Waals surface area contributed by atoms with Gasteiger partial charge in [0, 0.05) is 6.42 Å². The average molecular weight is 405 g/mol. The van der Waals surface area contributed by atoms with Gasteiger partial charge in [0.2, 0.25) is 0 Å². The maximum absolute atomic E-state index is 11.7. The third-order valence-corrected chi connectivity index (χ3v) is 10.7. The molecule has 3 heteroatoms. The quantitative estimate of drug-likeness (QED) is 0.599. The lowest BCUT2D eigenvalue weighted by atomic mass is 9.43. The Labute approximate surface area is 178 Å². The van der Waals surface area contributed by atoms with E-state index in [1.807, 2.05) is 0 Å². The first-order valence-electron chi connectivity index (χ1n) is 12.5. The second-order valence-corrected chi connectivity index (χ2v) is 12.0. The highest BCUT2D eigenvalue weighted by Gasteiger charge is 2.62. The van der Waals surface area contributed by atoms with Crippen molar-refractivity contribution < 1.29 is 14.6 Å². The fraction of sp³-hybridized carbons (Fsp3) is 0.962. The minimum absolute atomic E-state index is 0.0755. The Bertz CT molecular complexity index is 617. The molecule has 3 nitrogen and oxygen atoms in total. The molecule has 166 valence electrons. The van der Waals surface area contributed by atoms with Crippen LogP contribution in [-0.2, 0) is 9.53 Å². The molecule has 1 N–H and O–H groups in total. The maximum Gasteiger partial charge on any atom is 0.305 e. The van der Waals surface area contributed by atoms with Crippen LogP contribution in [0, 0.1) is 52.3 Å². The highest BCUT2D eigenvalue weighted by atomic mass is 16.5. The van der Waals surface area contributed by atoms with E-state index in [-0.39, 0.29) is 12.1 Å². The van der Waals surface area contributed by atoms with E-state index >= 15 is 0 Å². The molecule has 0 bridgehead atoms. The van der Waals surface area contributed by atoms with E-state index in [9.17, 15) is 9.90 Å². The number of ether oxygens (including phenoxy) is 1. The number of fused-ring (bicyclic) bond motifs is 5. The Balaban J connectivity index is 1.53. The third-order valence-electron chi connectivity index (χ3n) is 10.7. The van der Waals surface area contributed by atoms with Crippen molar-refractivity contribution in [1.29, 1.82) is 0 Å². The second kappa shape index (κ2) is 7.84. The second-order valence-electron chi connectivity index (χ2n) is 12.0. The van der Waals surface area contributed by atoms with Crippen molar-refractivity contribution in [1.82, 2.24) is 0 Å². The van der Waals surface area contributed by atoms with Gasteiger partial charge in [-0.2, -0.15) is 0 Å². The standard InChI is InChI=1S/C26H44O3/c1-16-10-12-25(3)18(14-16)15-22(27)24-20-8-7-19(17(2)6-9-23(28)29-5)26(20,4)13-11-21(24)25/h16-22,24,27H,6-15H2,1-5H3/t16-,17-,18+,19-,20+,21+,22+,24+,25+,26-/m1/s1. The van der Waals surface area contributed by atoms with Crippen LogP contribution in [0.4, 0.5) is 0 Å². The monoisotopic (exact) mass is 404 g/mol. The molecule has 0 radical (unpaired) electrons. The first-order valence-corrected chi connectivity index (χ1v) is 12.5. The first-order chi connectivity index (χ1) is 13.7. The molecule has 4 fully saturated rings. The summed E-state index contributed by atoms with van der Waals surface area (Å²) >= 11 is 0. The zero-order valence-electron chi connectivity index (χ0n) is 19.5. The van der Waals surface area contributed by atoms with Crippen LogP contribution in [-0.4, -0.2) is 24.3 Å². The number of hydrogen-bond donors (Lipinski definition) is 1. The van der Waals surface area contributed by atoms with Crippen LogP contribution < -0.4 is 0 Å². The van der Waals surface area contributed by atoms with Gasteiger partial charge in [0.15, 0.2) is 0 Å². The van der Waals surface area contributed by atoms with Gasteiger partial charge >= 0.3 is 5.97 Å². The van der Waals surface area contributed by atoms with Crippen molar-refractivity contribution in [2.45, 2.75) is 98.0 Å². The Kier molecular flexibility index (Phi) is 5.86. The molecular formula is C26H44O3. The summed E-state index contributed by atoms with van der Waals surface area (Å²) in [7, 11) is 1.49. The van der Waals surface area contributed by atoms with E-state index in [1.165, 1.54) is 52.1 Å². The molecule has 0 aromatic carbocycles. The van der Waals surface area contributed by atoms with Crippen molar-refractivity contribution in [2.75, 3.05) is 7.11 Å². The summed E-state index contributed by atoms with van der Waals surface area (Å²) in [6.45, 7) is 9.88. The van der Waals surface area contributed by atoms with E-state index in [4.69, 9.17) is 4.74 Å². The fourth-order valence-electron chi connectivity index (χ4n) is 9.06.